The molecule has 2 nitrogen and oxygen atoms in total. The van der Waals surface area contributed by atoms with Gasteiger partial charge in [-0.2, -0.15) is 0 Å². The van der Waals surface area contributed by atoms with Gasteiger partial charge in [-0.3, -0.25) is 4.79 Å². The number of amides is 1. The number of carbonyl (C=O) groups excluding carboxylic acids is 1. The number of hydrogen-bond acceptors (Lipinski definition) is 1. The van der Waals surface area contributed by atoms with E-state index in [-0.39, 0.29) is 17.2 Å². The van der Waals surface area contributed by atoms with Crippen LogP contribution in [0.4, 0.5) is 5.69 Å². The van der Waals surface area contributed by atoms with E-state index in [1.165, 1.54) is 5.56 Å². The fraction of sp³-hybridized carbons (Fsp3) is 0.350. The van der Waals surface area contributed by atoms with Gasteiger partial charge in [-0.25, -0.2) is 0 Å². The average molecular weight is 295 g/mol. The molecule has 0 aliphatic carbocycles. The Kier molecular flexibility index (Phi) is 5.02. The highest BCUT2D eigenvalue weighted by molar-refractivity contribution is 5.95. The second kappa shape index (κ2) is 6.78. The second-order valence-electron chi connectivity index (χ2n) is 6.69. The van der Waals surface area contributed by atoms with Crippen LogP contribution in [0.3, 0.4) is 0 Å². The van der Waals surface area contributed by atoms with Crippen molar-refractivity contribution in [1.29, 1.82) is 0 Å². The highest BCUT2D eigenvalue weighted by Gasteiger charge is 2.19. The van der Waals surface area contributed by atoms with Crippen LogP contribution in [0.1, 0.15) is 51.2 Å². The molecular weight excluding hydrogens is 270 g/mol. The molecule has 2 aromatic rings. The molecule has 0 bridgehead atoms. The molecule has 0 aliphatic heterocycles. The normalized spacial score (nSPS) is 12.7. The molecule has 1 atom stereocenters. The molecule has 0 fully saturated rings. The van der Waals surface area contributed by atoms with E-state index >= 15 is 0 Å². The van der Waals surface area contributed by atoms with Gasteiger partial charge in [-0.15, -0.1) is 0 Å². The first-order valence-corrected chi connectivity index (χ1v) is 7.88. The molecule has 0 spiro atoms. The van der Waals surface area contributed by atoms with Gasteiger partial charge in [0.05, 0.1) is 5.92 Å². The number of hydrogen-bond donors (Lipinski definition) is 1. The third kappa shape index (κ3) is 3.97. The second-order valence-corrected chi connectivity index (χ2v) is 6.69. The third-order valence-corrected chi connectivity index (χ3v) is 3.95. The van der Waals surface area contributed by atoms with Crippen LogP contribution in [0, 0.1) is 0 Å². The van der Waals surface area contributed by atoms with Crippen LogP contribution >= 0.6 is 0 Å². The first-order chi connectivity index (χ1) is 10.4. The minimum atomic E-state index is -0.108. The molecule has 0 unspecified atom stereocenters. The van der Waals surface area contributed by atoms with Crippen LogP contribution < -0.4 is 5.32 Å². The molecule has 0 heterocycles. The molecule has 1 N–H and O–H groups in total. The molecule has 0 aliphatic rings. The van der Waals surface area contributed by atoms with E-state index < -0.39 is 0 Å². The first-order valence-electron chi connectivity index (χ1n) is 7.88. The highest BCUT2D eigenvalue weighted by Crippen LogP contribution is 2.25. The van der Waals surface area contributed by atoms with Crippen molar-refractivity contribution < 1.29 is 4.79 Å². The smallest absolute Gasteiger partial charge is 0.231 e. The lowest BCUT2D eigenvalue weighted by molar-refractivity contribution is -0.117. The van der Waals surface area contributed by atoms with Crippen molar-refractivity contribution in [3.8, 4) is 0 Å². The van der Waals surface area contributed by atoms with Crippen LogP contribution in [0.5, 0.6) is 0 Å². The van der Waals surface area contributed by atoms with Gasteiger partial charge in [0.2, 0.25) is 5.91 Å². The molecule has 116 valence electrons. The first kappa shape index (κ1) is 16.3. The molecular formula is C20H25NO. The number of rotatable bonds is 4. The van der Waals surface area contributed by atoms with E-state index in [0.717, 1.165) is 17.7 Å². The van der Waals surface area contributed by atoms with Crippen molar-refractivity contribution in [2.24, 2.45) is 0 Å². The van der Waals surface area contributed by atoms with E-state index in [0.29, 0.717) is 0 Å². The van der Waals surface area contributed by atoms with Crippen molar-refractivity contribution in [3.63, 3.8) is 0 Å². The van der Waals surface area contributed by atoms with Gasteiger partial charge in [0, 0.05) is 5.69 Å². The maximum absolute atomic E-state index is 12.5. The van der Waals surface area contributed by atoms with Crippen LogP contribution in [-0.4, -0.2) is 5.91 Å². The summed E-state index contributed by atoms with van der Waals surface area (Å²) in [6, 6.07) is 18.1. The third-order valence-electron chi connectivity index (χ3n) is 3.95. The fourth-order valence-corrected chi connectivity index (χ4v) is 2.54. The van der Waals surface area contributed by atoms with Crippen LogP contribution in [0.15, 0.2) is 54.6 Å². The molecule has 2 aromatic carbocycles. The molecule has 0 saturated carbocycles. The van der Waals surface area contributed by atoms with Gasteiger partial charge >= 0.3 is 0 Å². The molecule has 0 aromatic heterocycles. The Morgan fingerprint density at radius 3 is 2.09 bits per heavy atom. The van der Waals surface area contributed by atoms with Crippen LogP contribution in [0.2, 0.25) is 0 Å². The topological polar surface area (TPSA) is 29.1 Å². The van der Waals surface area contributed by atoms with Crippen molar-refractivity contribution in [3.05, 3.63) is 65.7 Å². The van der Waals surface area contributed by atoms with E-state index in [4.69, 9.17) is 0 Å². The number of benzene rings is 2. The highest BCUT2D eigenvalue weighted by atomic mass is 16.1. The summed E-state index contributed by atoms with van der Waals surface area (Å²) in [5.74, 6) is -0.0549. The minimum absolute atomic E-state index is 0.0530. The van der Waals surface area contributed by atoms with Crippen molar-refractivity contribution in [2.45, 2.75) is 45.4 Å². The largest absolute Gasteiger partial charge is 0.326 e. The quantitative estimate of drug-likeness (QED) is 0.833. The van der Waals surface area contributed by atoms with Crippen LogP contribution in [-0.2, 0) is 10.2 Å². The number of nitrogens with one attached hydrogen (secondary N) is 1. The molecule has 0 saturated heterocycles. The standard InChI is InChI=1S/C20H25NO/c1-5-18(15-9-7-6-8-10-15)19(22)21-17-13-11-16(12-14-17)20(2,3)4/h6-14,18H,5H2,1-4H3,(H,21,22)/t18-/m0/s1. The van der Waals surface area contributed by atoms with Crippen molar-refractivity contribution >= 4 is 11.6 Å². The lowest BCUT2D eigenvalue weighted by Gasteiger charge is -2.20. The maximum atomic E-state index is 12.5. The fourth-order valence-electron chi connectivity index (χ4n) is 2.54. The minimum Gasteiger partial charge on any atom is -0.326 e. The molecule has 2 rings (SSSR count). The van der Waals surface area contributed by atoms with Gasteiger partial charge in [0.25, 0.3) is 0 Å². The Morgan fingerprint density at radius 2 is 1.59 bits per heavy atom. The average Bonchev–Trinajstić information content (AvgIpc) is 2.48. The van der Waals surface area contributed by atoms with Gasteiger partial charge in [-0.1, -0.05) is 70.2 Å². The summed E-state index contributed by atoms with van der Waals surface area (Å²) in [5.41, 5.74) is 3.31. The van der Waals surface area contributed by atoms with Gasteiger partial charge < -0.3 is 5.32 Å². The SMILES string of the molecule is CC[C@H](C(=O)Nc1ccc(C(C)(C)C)cc1)c1ccccc1. The Hall–Kier alpha value is -2.09. The monoisotopic (exact) mass is 295 g/mol. The Morgan fingerprint density at radius 1 is 1.00 bits per heavy atom. The summed E-state index contributed by atoms with van der Waals surface area (Å²) in [5, 5.41) is 3.03. The van der Waals surface area contributed by atoms with E-state index in [9.17, 15) is 4.79 Å². The van der Waals surface area contributed by atoms with E-state index in [1.807, 2.05) is 49.4 Å². The Balaban J connectivity index is 2.11. The summed E-state index contributed by atoms with van der Waals surface area (Å²) in [4.78, 5) is 12.5. The predicted molar refractivity (Wildman–Crippen MR) is 93.2 cm³/mol. The molecule has 2 heteroatoms. The number of anilines is 1. The van der Waals surface area contributed by atoms with E-state index in [2.05, 4.69) is 38.2 Å². The lowest BCUT2D eigenvalue weighted by Crippen LogP contribution is -2.20. The van der Waals surface area contributed by atoms with Gasteiger partial charge in [-0.05, 0) is 35.1 Å². The zero-order chi connectivity index (χ0) is 16.2. The summed E-state index contributed by atoms with van der Waals surface area (Å²) < 4.78 is 0. The van der Waals surface area contributed by atoms with Crippen LogP contribution in [0.25, 0.3) is 0 Å². The maximum Gasteiger partial charge on any atom is 0.231 e. The summed E-state index contributed by atoms with van der Waals surface area (Å²) in [7, 11) is 0. The Bertz CT molecular complexity index is 608. The van der Waals surface area contributed by atoms with Gasteiger partial charge in [0.1, 0.15) is 0 Å². The summed E-state index contributed by atoms with van der Waals surface area (Å²) in [6.45, 7) is 8.59. The summed E-state index contributed by atoms with van der Waals surface area (Å²) in [6.07, 6.45) is 0.788. The Labute approximate surface area is 133 Å². The molecule has 0 radical (unpaired) electrons. The van der Waals surface area contributed by atoms with E-state index in [1.54, 1.807) is 0 Å². The zero-order valence-corrected chi connectivity index (χ0v) is 13.9. The lowest BCUT2D eigenvalue weighted by atomic mass is 9.87. The van der Waals surface area contributed by atoms with Crippen molar-refractivity contribution in [2.75, 3.05) is 5.32 Å². The zero-order valence-electron chi connectivity index (χ0n) is 13.9. The summed E-state index contributed by atoms with van der Waals surface area (Å²) >= 11 is 0. The molecule has 1 amide bonds. The number of carbonyl (C=O) groups is 1. The van der Waals surface area contributed by atoms with Gasteiger partial charge in [0.15, 0.2) is 0 Å². The van der Waals surface area contributed by atoms with Crippen molar-refractivity contribution in [1.82, 2.24) is 0 Å². The molecule has 22 heavy (non-hydrogen) atoms. The predicted octanol–water partition coefficient (Wildman–Crippen LogP) is 5.12.